The van der Waals surface area contributed by atoms with Crippen LogP contribution in [0.4, 0.5) is 4.39 Å². The molecule has 0 saturated heterocycles. The summed E-state index contributed by atoms with van der Waals surface area (Å²) >= 11 is 0. The molecule has 3 aliphatic rings. The van der Waals surface area contributed by atoms with E-state index in [-0.39, 0.29) is 24.6 Å². The Hall–Kier alpha value is -4.92. The van der Waals surface area contributed by atoms with Crippen molar-refractivity contribution in [3.8, 4) is 23.0 Å². The van der Waals surface area contributed by atoms with E-state index in [1.807, 2.05) is 41.3 Å². The van der Waals surface area contributed by atoms with Crippen molar-refractivity contribution in [1.29, 1.82) is 0 Å². The van der Waals surface area contributed by atoms with Crippen molar-refractivity contribution >= 4 is 11.8 Å². The third kappa shape index (κ3) is 5.30. The van der Waals surface area contributed by atoms with Crippen molar-refractivity contribution in [3.05, 3.63) is 113 Å². The van der Waals surface area contributed by atoms with Crippen LogP contribution < -0.4 is 19.5 Å². The molecule has 8 nitrogen and oxygen atoms in total. The average Bonchev–Trinajstić information content (AvgIpc) is 3.00. The molecule has 7 rings (SSSR count). The Morgan fingerprint density at radius 2 is 1.93 bits per heavy atom. The Balaban J connectivity index is 1.46. The molecule has 1 N–H and O–H groups in total. The van der Waals surface area contributed by atoms with Crippen LogP contribution in [0.5, 0.6) is 23.0 Å². The molecule has 3 aliphatic heterocycles. The Kier molecular flexibility index (Phi) is 7.24. The second-order valence-corrected chi connectivity index (χ2v) is 9.84. The van der Waals surface area contributed by atoms with Gasteiger partial charge < -0.3 is 24.4 Å². The van der Waals surface area contributed by atoms with Crippen LogP contribution in [0.15, 0.2) is 79.0 Å². The molecule has 4 aromatic rings. The summed E-state index contributed by atoms with van der Waals surface area (Å²) in [6, 6.07) is 20.3. The number of benzene rings is 3. The number of aromatic nitrogens is 1. The van der Waals surface area contributed by atoms with E-state index in [1.165, 1.54) is 18.2 Å². The number of hydrogen-bond acceptors (Lipinski definition) is 6. The fourth-order valence-corrected chi connectivity index (χ4v) is 5.29. The first-order valence-electron chi connectivity index (χ1n) is 13.4. The Morgan fingerprint density at radius 3 is 2.76 bits per heavy atom. The summed E-state index contributed by atoms with van der Waals surface area (Å²) in [4.78, 5) is 32.6. The highest BCUT2D eigenvalue weighted by atomic mass is 19.1. The number of pyridine rings is 1. The summed E-state index contributed by atoms with van der Waals surface area (Å²) < 4.78 is 32.2. The van der Waals surface area contributed by atoms with Gasteiger partial charge in [0.05, 0.1) is 25.3 Å². The summed E-state index contributed by atoms with van der Waals surface area (Å²) in [5.41, 5.74) is 3.09. The number of amides is 2. The molecule has 0 fully saturated rings. The Morgan fingerprint density at radius 1 is 1.07 bits per heavy atom. The maximum atomic E-state index is 14.5. The van der Waals surface area contributed by atoms with Crippen LogP contribution >= 0.6 is 0 Å². The molecule has 3 aromatic carbocycles. The van der Waals surface area contributed by atoms with Crippen molar-refractivity contribution in [2.75, 3.05) is 26.8 Å². The van der Waals surface area contributed by atoms with Crippen molar-refractivity contribution < 1.29 is 28.2 Å². The molecule has 41 heavy (non-hydrogen) atoms. The number of fused-ring (bicyclic) bond motifs is 6. The van der Waals surface area contributed by atoms with Crippen LogP contribution in [0.25, 0.3) is 0 Å². The summed E-state index contributed by atoms with van der Waals surface area (Å²) in [6.07, 6.45) is 2.69. The predicted molar refractivity (Wildman–Crippen MR) is 149 cm³/mol. The summed E-state index contributed by atoms with van der Waals surface area (Å²) in [5, 5.41) is 2.74. The average molecular weight is 554 g/mol. The lowest BCUT2D eigenvalue weighted by Gasteiger charge is -2.38. The molecular formula is C32H28FN3O5. The molecule has 1 aromatic heterocycles. The van der Waals surface area contributed by atoms with Gasteiger partial charge in [-0.2, -0.15) is 0 Å². The van der Waals surface area contributed by atoms with Gasteiger partial charge in [-0.1, -0.05) is 18.2 Å². The van der Waals surface area contributed by atoms with Crippen molar-refractivity contribution in [1.82, 2.24) is 15.2 Å². The zero-order chi connectivity index (χ0) is 28.3. The molecule has 4 heterocycles. The van der Waals surface area contributed by atoms with E-state index in [1.54, 1.807) is 31.5 Å². The van der Waals surface area contributed by atoms with Crippen LogP contribution in [0, 0.1) is 5.82 Å². The largest absolute Gasteiger partial charge is 0.493 e. The smallest absolute Gasteiger partial charge is 0.273 e. The lowest BCUT2D eigenvalue weighted by molar-refractivity contribution is 0.0688. The van der Waals surface area contributed by atoms with Crippen LogP contribution in [-0.4, -0.2) is 48.5 Å². The lowest BCUT2D eigenvalue weighted by Crippen LogP contribution is -2.41. The predicted octanol–water partition coefficient (Wildman–Crippen LogP) is 5.32. The van der Waals surface area contributed by atoms with Gasteiger partial charge in [-0.25, -0.2) is 4.39 Å². The molecule has 208 valence electrons. The van der Waals surface area contributed by atoms with Gasteiger partial charge in [0.2, 0.25) is 0 Å². The topological polar surface area (TPSA) is 90.0 Å². The van der Waals surface area contributed by atoms with Crippen LogP contribution in [-0.2, 0) is 6.42 Å². The van der Waals surface area contributed by atoms with Gasteiger partial charge in [0, 0.05) is 19.3 Å². The lowest BCUT2D eigenvalue weighted by atomic mass is 9.87. The SMILES string of the molecule is COc1ccc2cc1OCCCNC(=O)c1cc(ccc1F)Oc1ccc3c(c1)CCN(C(=O)c1ccccn1)C23. The number of nitrogens with zero attached hydrogens (tertiary/aromatic N) is 2. The highest BCUT2D eigenvalue weighted by molar-refractivity contribution is 5.95. The number of halogens is 1. The fourth-order valence-electron chi connectivity index (χ4n) is 5.29. The standard InChI is InChI=1S/C32H28FN3O5/c1-39-28-11-6-21-18-29(28)40-16-4-14-35-31(37)25-19-23(8-10-26(25)33)41-22-7-9-24-20(17-22)12-15-36(30(21)24)32(38)27-5-2-3-13-34-27/h2-3,5-11,13,17-19,30H,4,12,14-16H2,1H3,(H,35,37). The summed E-state index contributed by atoms with van der Waals surface area (Å²) in [5.74, 6) is 0.635. The van der Waals surface area contributed by atoms with Gasteiger partial charge in [0.1, 0.15) is 23.0 Å². The quantitative estimate of drug-likeness (QED) is 0.361. The fraction of sp³-hybridized carbons (Fsp3) is 0.219. The van der Waals surface area contributed by atoms with E-state index in [0.29, 0.717) is 48.1 Å². The third-order valence-corrected chi connectivity index (χ3v) is 7.27. The molecule has 8 bridgehead atoms. The van der Waals surface area contributed by atoms with E-state index < -0.39 is 17.8 Å². The minimum atomic E-state index is -0.631. The zero-order valence-corrected chi connectivity index (χ0v) is 22.4. The van der Waals surface area contributed by atoms with Crippen molar-refractivity contribution in [2.24, 2.45) is 0 Å². The van der Waals surface area contributed by atoms with Gasteiger partial charge in [-0.3, -0.25) is 14.6 Å². The van der Waals surface area contributed by atoms with E-state index in [4.69, 9.17) is 14.2 Å². The first kappa shape index (κ1) is 26.3. The number of ether oxygens (including phenoxy) is 3. The Labute approximate surface area is 236 Å². The molecule has 1 atom stereocenters. The van der Waals surface area contributed by atoms with E-state index in [2.05, 4.69) is 10.3 Å². The number of rotatable bonds is 2. The molecule has 0 saturated carbocycles. The van der Waals surface area contributed by atoms with E-state index in [9.17, 15) is 14.0 Å². The number of carbonyl (C=O) groups excluding carboxylic acids is 2. The molecule has 2 amide bonds. The Bertz CT molecular complexity index is 1610. The van der Waals surface area contributed by atoms with Crippen LogP contribution in [0.3, 0.4) is 0 Å². The van der Waals surface area contributed by atoms with Crippen molar-refractivity contribution in [2.45, 2.75) is 18.9 Å². The molecule has 0 radical (unpaired) electrons. The van der Waals surface area contributed by atoms with Gasteiger partial charge in [0.25, 0.3) is 11.8 Å². The maximum Gasteiger partial charge on any atom is 0.273 e. The second-order valence-electron chi connectivity index (χ2n) is 9.84. The zero-order valence-electron chi connectivity index (χ0n) is 22.4. The van der Waals surface area contributed by atoms with Gasteiger partial charge in [0.15, 0.2) is 11.5 Å². The normalized spacial score (nSPS) is 16.5. The number of hydrogen-bond donors (Lipinski definition) is 1. The third-order valence-electron chi connectivity index (χ3n) is 7.27. The first-order chi connectivity index (χ1) is 20.0. The van der Waals surface area contributed by atoms with Gasteiger partial charge in [-0.05, 0) is 84.1 Å². The summed E-state index contributed by atoms with van der Waals surface area (Å²) in [7, 11) is 1.57. The van der Waals surface area contributed by atoms with Crippen molar-refractivity contribution in [3.63, 3.8) is 0 Å². The van der Waals surface area contributed by atoms with Crippen LogP contribution in [0.2, 0.25) is 0 Å². The highest BCUT2D eigenvalue weighted by Crippen LogP contribution is 2.41. The first-order valence-corrected chi connectivity index (χ1v) is 13.4. The molecule has 1 unspecified atom stereocenters. The van der Waals surface area contributed by atoms with E-state index >= 15 is 0 Å². The van der Waals surface area contributed by atoms with Crippen LogP contribution in [0.1, 0.15) is 50.0 Å². The molecular weight excluding hydrogens is 525 g/mol. The van der Waals surface area contributed by atoms with E-state index in [0.717, 1.165) is 16.7 Å². The van der Waals surface area contributed by atoms with Gasteiger partial charge in [-0.15, -0.1) is 0 Å². The highest BCUT2D eigenvalue weighted by Gasteiger charge is 2.34. The minimum Gasteiger partial charge on any atom is -0.493 e. The second kappa shape index (κ2) is 11.3. The monoisotopic (exact) mass is 553 g/mol. The molecule has 0 spiro atoms. The number of carbonyl (C=O) groups is 2. The maximum absolute atomic E-state index is 14.5. The van der Waals surface area contributed by atoms with Gasteiger partial charge >= 0.3 is 0 Å². The summed E-state index contributed by atoms with van der Waals surface area (Å²) in [6.45, 7) is 1.02. The molecule has 9 heteroatoms. The molecule has 0 aliphatic carbocycles. The number of methoxy groups -OCH3 is 1. The minimum absolute atomic E-state index is 0.0967. The number of nitrogens with one attached hydrogen (secondary N) is 1.